The van der Waals surface area contributed by atoms with E-state index in [-0.39, 0.29) is 5.97 Å². The van der Waals surface area contributed by atoms with Crippen molar-refractivity contribution in [1.29, 1.82) is 0 Å². The highest BCUT2D eigenvalue weighted by atomic mass is 79.9. The summed E-state index contributed by atoms with van der Waals surface area (Å²) in [5, 5.41) is 0. The van der Waals surface area contributed by atoms with Gasteiger partial charge < -0.3 is 4.74 Å². The standard InChI is InChI=1S/C22H19BrO2S2/c1-25-22(24)21-19(26-14-16-8-4-2-5-9-16)12-18(23)13-20(21)27-15-17-10-6-3-7-11-17/h2-13H,14-15H2,1H3. The van der Waals surface area contributed by atoms with Crippen molar-refractivity contribution in [2.45, 2.75) is 21.3 Å². The van der Waals surface area contributed by atoms with Gasteiger partial charge in [0.2, 0.25) is 0 Å². The van der Waals surface area contributed by atoms with E-state index in [0.29, 0.717) is 5.56 Å². The zero-order valence-corrected chi connectivity index (χ0v) is 18.1. The van der Waals surface area contributed by atoms with E-state index in [0.717, 1.165) is 25.8 Å². The van der Waals surface area contributed by atoms with Crippen LogP contribution in [0.25, 0.3) is 0 Å². The first-order valence-corrected chi connectivity index (χ1v) is 11.2. The number of esters is 1. The molecule has 0 N–H and O–H groups in total. The van der Waals surface area contributed by atoms with Crippen LogP contribution in [-0.2, 0) is 16.2 Å². The summed E-state index contributed by atoms with van der Waals surface area (Å²) in [6.45, 7) is 0. The van der Waals surface area contributed by atoms with Crippen LogP contribution in [0.5, 0.6) is 0 Å². The smallest absolute Gasteiger partial charge is 0.340 e. The third-order valence-corrected chi connectivity index (χ3v) is 6.57. The van der Waals surface area contributed by atoms with Crippen LogP contribution in [0.2, 0.25) is 0 Å². The Morgan fingerprint density at radius 3 is 1.70 bits per heavy atom. The molecule has 27 heavy (non-hydrogen) atoms. The Labute approximate surface area is 176 Å². The van der Waals surface area contributed by atoms with Crippen molar-refractivity contribution >= 4 is 45.4 Å². The summed E-state index contributed by atoms with van der Waals surface area (Å²) >= 11 is 6.89. The fourth-order valence-electron chi connectivity index (χ4n) is 2.56. The van der Waals surface area contributed by atoms with Crippen LogP contribution < -0.4 is 0 Å². The van der Waals surface area contributed by atoms with Gasteiger partial charge in [-0.1, -0.05) is 76.6 Å². The lowest BCUT2D eigenvalue weighted by Gasteiger charge is -2.14. The van der Waals surface area contributed by atoms with E-state index < -0.39 is 0 Å². The van der Waals surface area contributed by atoms with Gasteiger partial charge in [0.05, 0.1) is 12.7 Å². The van der Waals surface area contributed by atoms with E-state index in [1.807, 2.05) is 48.5 Å². The van der Waals surface area contributed by atoms with Crippen molar-refractivity contribution < 1.29 is 9.53 Å². The first kappa shape index (κ1) is 20.1. The maximum Gasteiger partial charge on any atom is 0.340 e. The number of carbonyl (C=O) groups excluding carboxylic acids is 1. The molecule has 0 aliphatic rings. The van der Waals surface area contributed by atoms with Gasteiger partial charge in [0.25, 0.3) is 0 Å². The second-order valence-corrected chi connectivity index (χ2v) is 8.77. The molecule has 138 valence electrons. The Morgan fingerprint density at radius 1 is 0.852 bits per heavy atom. The molecule has 0 fully saturated rings. The first-order chi connectivity index (χ1) is 13.2. The summed E-state index contributed by atoms with van der Waals surface area (Å²) in [4.78, 5) is 14.4. The molecule has 3 aromatic rings. The zero-order chi connectivity index (χ0) is 19.1. The Hall–Kier alpha value is -1.69. The summed E-state index contributed by atoms with van der Waals surface area (Å²) in [6, 6.07) is 24.5. The lowest BCUT2D eigenvalue weighted by molar-refractivity contribution is 0.0592. The SMILES string of the molecule is COC(=O)c1c(SCc2ccccc2)cc(Br)cc1SCc1ccccc1. The molecule has 2 nitrogen and oxygen atoms in total. The third-order valence-electron chi connectivity index (χ3n) is 3.89. The highest BCUT2D eigenvalue weighted by Gasteiger charge is 2.19. The van der Waals surface area contributed by atoms with E-state index in [1.54, 1.807) is 23.5 Å². The molecule has 0 bridgehead atoms. The molecule has 0 aromatic heterocycles. The Morgan fingerprint density at radius 2 is 1.30 bits per heavy atom. The van der Waals surface area contributed by atoms with Crippen LogP contribution in [-0.4, -0.2) is 13.1 Å². The zero-order valence-electron chi connectivity index (χ0n) is 14.9. The highest BCUT2D eigenvalue weighted by molar-refractivity contribution is 9.10. The van der Waals surface area contributed by atoms with Crippen molar-refractivity contribution in [3.8, 4) is 0 Å². The van der Waals surface area contributed by atoms with Crippen LogP contribution in [0.1, 0.15) is 21.5 Å². The van der Waals surface area contributed by atoms with Crippen molar-refractivity contribution in [3.63, 3.8) is 0 Å². The number of carbonyl (C=O) groups is 1. The number of halogens is 1. The Bertz CT molecular complexity index is 834. The molecule has 0 saturated carbocycles. The van der Waals surface area contributed by atoms with Crippen LogP contribution in [0, 0.1) is 0 Å². The molecule has 0 heterocycles. The molecule has 0 saturated heterocycles. The molecule has 0 amide bonds. The average molecular weight is 459 g/mol. The molecule has 0 atom stereocenters. The van der Waals surface area contributed by atoms with Crippen molar-refractivity contribution in [2.24, 2.45) is 0 Å². The number of methoxy groups -OCH3 is 1. The molecule has 0 unspecified atom stereocenters. The fraction of sp³-hybridized carbons (Fsp3) is 0.136. The van der Waals surface area contributed by atoms with Crippen LogP contribution in [0.3, 0.4) is 0 Å². The monoisotopic (exact) mass is 458 g/mol. The molecular formula is C22H19BrO2S2. The predicted molar refractivity (Wildman–Crippen MR) is 117 cm³/mol. The molecule has 0 aliphatic carbocycles. The molecule has 0 radical (unpaired) electrons. The fourth-order valence-corrected chi connectivity index (χ4v) is 5.51. The largest absolute Gasteiger partial charge is 0.465 e. The topological polar surface area (TPSA) is 26.3 Å². The van der Waals surface area contributed by atoms with E-state index >= 15 is 0 Å². The van der Waals surface area contributed by atoms with E-state index in [4.69, 9.17) is 4.74 Å². The summed E-state index contributed by atoms with van der Waals surface area (Å²) in [5.41, 5.74) is 3.08. The number of hydrogen-bond donors (Lipinski definition) is 0. The van der Waals surface area contributed by atoms with Gasteiger partial charge in [-0.3, -0.25) is 0 Å². The van der Waals surface area contributed by atoms with Crippen molar-refractivity contribution in [2.75, 3.05) is 7.11 Å². The molecule has 0 spiro atoms. The molecule has 3 rings (SSSR count). The predicted octanol–water partition coefficient (Wildman–Crippen LogP) is 6.82. The van der Waals surface area contributed by atoms with E-state index in [2.05, 4.69) is 40.2 Å². The average Bonchev–Trinajstić information content (AvgIpc) is 2.71. The first-order valence-electron chi connectivity index (χ1n) is 8.42. The molecular weight excluding hydrogens is 440 g/mol. The number of hydrogen-bond acceptors (Lipinski definition) is 4. The third kappa shape index (κ3) is 5.64. The molecule has 0 aliphatic heterocycles. The van der Waals surface area contributed by atoms with Gasteiger partial charge >= 0.3 is 5.97 Å². The van der Waals surface area contributed by atoms with Crippen molar-refractivity contribution in [1.82, 2.24) is 0 Å². The maximum absolute atomic E-state index is 12.5. The highest BCUT2D eigenvalue weighted by Crippen LogP contribution is 2.37. The van der Waals surface area contributed by atoms with Gasteiger partial charge in [-0.05, 0) is 23.3 Å². The number of ether oxygens (including phenoxy) is 1. The number of benzene rings is 3. The second-order valence-electron chi connectivity index (χ2n) is 5.82. The number of rotatable bonds is 7. The van der Waals surface area contributed by atoms with Crippen LogP contribution in [0.4, 0.5) is 0 Å². The van der Waals surface area contributed by atoms with Crippen LogP contribution >= 0.6 is 39.5 Å². The van der Waals surface area contributed by atoms with Gasteiger partial charge in [0.15, 0.2) is 0 Å². The summed E-state index contributed by atoms with van der Waals surface area (Å²) in [5.74, 6) is 1.29. The summed E-state index contributed by atoms with van der Waals surface area (Å²) in [6.07, 6.45) is 0. The van der Waals surface area contributed by atoms with Gasteiger partial charge in [-0.15, -0.1) is 23.5 Å². The van der Waals surface area contributed by atoms with E-state index in [9.17, 15) is 4.79 Å². The maximum atomic E-state index is 12.5. The second kappa shape index (κ2) is 10.0. The van der Waals surface area contributed by atoms with Gasteiger partial charge in [-0.2, -0.15) is 0 Å². The lowest BCUT2D eigenvalue weighted by atomic mass is 10.2. The van der Waals surface area contributed by atoms with Gasteiger partial charge in [0.1, 0.15) is 0 Å². The van der Waals surface area contributed by atoms with Crippen LogP contribution in [0.15, 0.2) is 87.1 Å². The number of thioether (sulfide) groups is 2. The summed E-state index contributed by atoms with van der Waals surface area (Å²) < 4.78 is 6.04. The molecule has 5 heteroatoms. The van der Waals surface area contributed by atoms with E-state index in [1.165, 1.54) is 18.2 Å². The summed E-state index contributed by atoms with van der Waals surface area (Å²) in [7, 11) is 1.43. The normalized spacial score (nSPS) is 10.6. The Balaban J connectivity index is 1.87. The van der Waals surface area contributed by atoms with Gasteiger partial charge in [0, 0.05) is 25.8 Å². The van der Waals surface area contributed by atoms with Gasteiger partial charge in [-0.25, -0.2) is 4.79 Å². The van der Waals surface area contributed by atoms with Crippen molar-refractivity contribution in [3.05, 3.63) is 94.0 Å². The lowest BCUT2D eigenvalue weighted by Crippen LogP contribution is -2.06. The minimum atomic E-state index is -0.298. The minimum Gasteiger partial charge on any atom is -0.465 e. The quantitative estimate of drug-likeness (QED) is 0.286. The molecule has 3 aromatic carbocycles. The Kier molecular flexibility index (Phi) is 7.44. The minimum absolute atomic E-state index is 0.298.